The topological polar surface area (TPSA) is 88.2 Å². The van der Waals surface area contributed by atoms with Gasteiger partial charge in [0.1, 0.15) is 5.75 Å². The number of nitrogens with zero attached hydrogens (tertiary/aromatic N) is 2. The Bertz CT molecular complexity index is 1590. The van der Waals surface area contributed by atoms with E-state index in [1.54, 1.807) is 19.1 Å². The summed E-state index contributed by atoms with van der Waals surface area (Å²) in [6.45, 7) is 12.9. The lowest BCUT2D eigenvalue weighted by Gasteiger charge is -2.51. The highest BCUT2D eigenvalue weighted by atomic mass is 35.5. The molecule has 2 fully saturated rings. The van der Waals surface area contributed by atoms with Gasteiger partial charge in [-0.15, -0.1) is 0 Å². The van der Waals surface area contributed by atoms with Gasteiger partial charge < -0.3 is 19.3 Å². The zero-order chi connectivity index (χ0) is 34.9. The SMILES string of the molecule is C=C1/C(=C\C(Cl)=C/C)CCC[C@]12COc1ccc3cc1N(C[C@@H]1CC[C@H]1[C@](CCN(C)C)(OC)/C=C/C[C@H](C)[C@@H](C)S(=O)(=O)NC3=O)C2. The van der Waals surface area contributed by atoms with E-state index in [1.165, 1.54) is 0 Å². The van der Waals surface area contributed by atoms with Gasteiger partial charge in [0.2, 0.25) is 10.0 Å². The summed E-state index contributed by atoms with van der Waals surface area (Å²) in [5.41, 5.74) is 2.45. The molecule has 2 saturated carbocycles. The van der Waals surface area contributed by atoms with Crippen molar-refractivity contribution in [2.24, 2.45) is 23.2 Å². The first kappa shape index (κ1) is 36.7. The maximum atomic E-state index is 13.5. The molecular weight excluding hydrogens is 646 g/mol. The van der Waals surface area contributed by atoms with Crippen LogP contribution in [0.4, 0.5) is 5.69 Å². The number of anilines is 1. The highest BCUT2D eigenvalue weighted by Crippen LogP contribution is 2.51. The highest BCUT2D eigenvalue weighted by Gasteiger charge is 2.49. The number of allylic oxidation sites excluding steroid dienone is 5. The summed E-state index contributed by atoms with van der Waals surface area (Å²) in [4.78, 5) is 18.1. The van der Waals surface area contributed by atoms with Crippen molar-refractivity contribution >= 4 is 33.2 Å². The third-order valence-electron chi connectivity index (χ3n) is 11.5. The fourth-order valence-corrected chi connectivity index (χ4v) is 9.41. The molecule has 10 heteroatoms. The van der Waals surface area contributed by atoms with E-state index in [1.807, 2.05) is 39.2 Å². The van der Waals surface area contributed by atoms with Crippen LogP contribution < -0.4 is 14.4 Å². The number of benzene rings is 1. The van der Waals surface area contributed by atoms with E-state index in [2.05, 4.69) is 47.3 Å². The van der Waals surface area contributed by atoms with Gasteiger partial charge in [0, 0.05) is 42.8 Å². The number of hydrogen-bond donors (Lipinski definition) is 1. The first-order valence-corrected chi connectivity index (χ1v) is 19.3. The average molecular weight is 700 g/mol. The highest BCUT2D eigenvalue weighted by molar-refractivity contribution is 7.90. The fraction of sp³-hybridized carbons (Fsp3) is 0.605. The molecule has 1 aromatic carbocycles. The Morgan fingerprint density at radius 2 is 2.04 bits per heavy atom. The Hall–Kier alpha value is -2.59. The van der Waals surface area contributed by atoms with Gasteiger partial charge in [-0.05, 0) is 126 Å². The lowest BCUT2D eigenvalue weighted by atomic mass is 9.62. The van der Waals surface area contributed by atoms with Crippen molar-refractivity contribution in [2.45, 2.75) is 76.6 Å². The van der Waals surface area contributed by atoms with Gasteiger partial charge in [-0.1, -0.05) is 43.3 Å². The van der Waals surface area contributed by atoms with Crippen LogP contribution >= 0.6 is 11.6 Å². The van der Waals surface area contributed by atoms with Crippen LogP contribution in [0.1, 0.15) is 76.1 Å². The second-order valence-corrected chi connectivity index (χ2v) is 17.2. The van der Waals surface area contributed by atoms with Crippen LogP contribution in [0.25, 0.3) is 0 Å². The summed E-state index contributed by atoms with van der Waals surface area (Å²) >= 11 is 6.49. The normalized spacial score (nSPS) is 34.2. The molecule has 0 saturated heterocycles. The largest absolute Gasteiger partial charge is 0.490 e. The Morgan fingerprint density at radius 1 is 1.27 bits per heavy atom. The van der Waals surface area contributed by atoms with Crippen molar-refractivity contribution in [1.82, 2.24) is 9.62 Å². The van der Waals surface area contributed by atoms with Crippen molar-refractivity contribution in [3.8, 4) is 5.75 Å². The Labute approximate surface area is 293 Å². The van der Waals surface area contributed by atoms with Crippen molar-refractivity contribution in [3.05, 3.63) is 70.8 Å². The number of carbonyl (C=O) groups excluding carboxylic acids is 1. The van der Waals surface area contributed by atoms with Crippen LogP contribution in [-0.4, -0.2) is 77.5 Å². The summed E-state index contributed by atoms with van der Waals surface area (Å²) in [6.07, 6.45) is 14.6. The number of carbonyl (C=O) groups is 1. The standard InChI is InChI=1S/C38H54ClN3O5S/c1-8-32(39)21-29-12-10-17-37(27(29)3)24-42-23-31-13-15-33(31)38(46-7,19-20-41(5)6)18-9-11-26(2)28(4)48(44,45)40-36(43)30-14-16-35(47-25-37)34(42)22-30/h8-9,14,16,18,21-22,26,28,31,33H,3,10-13,15,17,19-20,23-25H2,1-2,4-7H3,(H,40,43)/b18-9+,29-21-,32-8+/t26-,28+,31-,33+,37-,38-/m0/s1. The van der Waals surface area contributed by atoms with E-state index in [9.17, 15) is 13.2 Å². The fourth-order valence-electron chi connectivity index (χ4n) is 7.99. The van der Waals surface area contributed by atoms with Crippen molar-refractivity contribution in [1.29, 1.82) is 0 Å². The Balaban J connectivity index is 1.61. The van der Waals surface area contributed by atoms with E-state index in [4.69, 9.17) is 21.1 Å². The Kier molecular flexibility index (Phi) is 11.2. The number of nitrogens with one attached hydrogen (secondary N) is 1. The van der Waals surface area contributed by atoms with Crippen LogP contribution in [0.15, 0.2) is 65.3 Å². The predicted molar refractivity (Wildman–Crippen MR) is 195 cm³/mol. The number of methoxy groups -OCH3 is 1. The summed E-state index contributed by atoms with van der Waals surface area (Å²) < 4.78 is 42.3. The number of sulfonamides is 1. The third-order valence-corrected chi connectivity index (χ3v) is 13.8. The molecule has 2 heterocycles. The number of hydrogen-bond acceptors (Lipinski definition) is 7. The maximum absolute atomic E-state index is 13.5. The maximum Gasteiger partial charge on any atom is 0.264 e. The van der Waals surface area contributed by atoms with Crippen LogP contribution in [-0.2, 0) is 14.8 Å². The van der Waals surface area contributed by atoms with Crippen LogP contribution in [0.2, 0.25) is 0 Å². The van der Waals surface area contributed by atoms with E-state index in [0.717, 1.165) is 68.4 Å². The minimum Gasteiger partial charge on any atom is -0.490 e. The summed E-state index contributed by atoms with van der Waals surface area (Å²) in [5.74, 6) is 0.460. The molecule has 1 amide bonds. The smallest absolute Gasteiger partial charge is 0.264 e. The van der Waals surface area contributed by atoms with Gasteiger partial charge in [0.25, 0.3) is 5.91 Å². The minimum absolute atomic E-state index is 0.211. The monoisotopic (exact) mass is 699 g/mol. The molecule has 6 atom stereocenters. The van der Waals surface area contributed by atoms with Gasteiger partial charge >= 0.3 is 0 Å². The van der Waals surface area contributed by atoms with E-state index >= 15 is 0 Å². The summed E-state index contributed by atoms with van der Waals surface area (Å²) in [5, 5.41) is -0.0790. The van der Waals surface area contributed by atoms with Crippen molar-refractivity contribution < 1.29 is 22.7 Å². The van der Waals surface area contributed by atoms with E-state index in [-0.39, 0.29) is 17.3 Å². The number of ether oxygens (including phenoxy) is 2. The molecule has 1 spiro atoms. The average Bonchev–Trinajstić information content (AvgIpc) is 3.19. The lowest BCUT2D eigenvalue weighted by molar-refractivity contribution is -0.0824. The minimum atomic E-state index is -3.94. The van der Waals surface area contributed by atoms with Crippen LogP contribution in [0.5, 0.6) is 5.75 Å². The number of rotatable bonds is 5. The van der Waals surface area contributed by atoms with Crippen LogP contribution in [0.3, 0.4) is 0 Å². The molecule has 0 unspecified atom stereocenters. The molecule has 1 aromatic rings. The number of halogens is 1. The first-order chi connectivity index (χ1) is 22.7. The molecule has 4 aliphatic rings. The molecule has 1 N–H and O–H groups in total. The molecule has 0 radical (unpaired) electrons. The molecular formula is C38H54ClN3O5S. The van der Waals surface area contributed by atoms with E-state index in [0.29, 0.717) is 41.8 Å². The second-order valence-electron chi connectivity index (χ2n) is 14.8. The first-order valence-electron chi connectivity index (χ1n) is 17.4. The van der Waals surface area contributed by atoms with Gasteiger partial charge in [0.05, 0.1) is 23.1 Å². The summed E-state index contributed by atoms with van der Waals surface area (Å²) in [6, 6.07) is 5.28. The number of fused-ring (bicyclic) bond motifs is 2. The van der Waals surface area contributed by atoms with Crippen molar-refractivity contribution in [3.63, 3.8) is 0 Å². The van der Waals surface area contributed by atoms with Gasteiger partial charge in [-0.3, -0.25) is 4.79 Å². The zero-order valence-electron chi connectivity index (χ0n) is 29.6. The lowest BCUT2D eigenvalue weighted by Crippen LogP contribution is -2.53. The van der Waals surface area contributed by atoms with E-state index < -0.39 is 26.8 Å². The molecule has 8 nitrogen and oxygen atoms in total. The second kappa shape index (κ2) is 14.7. The third kappa shape index (κ3) is 7.44. The molecule has 264 valence electrons. The summed E-state index contributed by atoms with van der Waals surface area (Å²) in [7, 11) is 2.04. The molecule has 2 aliphatic carbocycles. The van der Waals surface area contributed by atoms with Crippen molar-refractivity contribution in [2.75, 3.05) is 52.3 Å². The zero-order valence-corrected chi connectivity index (χ0v) is 31.1. The van der Waals surface area contributed by atoms with Gasteiger partial charge in [-0.25, -0.2) is 13.1 Å². The molecule has 2 aliphatic heterocycles. The molecule has 2 bridgehead atoms. The molecule has 0 aromatic heterocycles. The predicted octanol–water partition coefficient (Wildman–Crippen LogP) is 7.09. The quantitative estimate of drug-likeness (QED) is 0.329. The number of amides is 1. The van der Waals surface area contributed by atoms with Gasteiger partial charge in [0.15, 0.2) is 0 Å². The van der Waals surface area contributed by atoms with Gasteiger partial charge in [-0.2, -0.15) is 0 Å². The molecule has 48 heavy (non-hydrogen) atoms. The van der Waals surface area contributed by atoms with Crippen LogP contribution in [0, 0.1) is 23.2 Å². The molecule has 5 rings (SSSR count). The Morgan fingerprint density at radius 3 is 2.71 bits per heavy atom.